The van der Waals surface area contributed by atoms with E-state index in [2.05, 4.69) is 4.98 Å². The molecular formula is C18H27ClN2O3. The lowest BCUT2D eigenvalue weighted by Crippen LogP contribution is -2.39. The highest BCUT2D eigenvalue weighted by atomic mass is 35.5. The van der Waals surface area contributed by atoms with Crippen LogP contribution in [0.2, 0.25) is 5.15 Å². The number of hydrogen-bond acceptors (Lipinski definition) is 4. The Hall–Kier alpha value is -1.33. The van der Waals surface area contributed by atoms with Gasteiger partial charge in [-0.05, 0) is 57.6 Å². The van der Waals surface area contributed by atoms with Crippen molar-refractivity contribution in [3.63, 3.8) is 0 Å². The molecule has 1 amide bonds. The van der Waals surface area contributed by atoms with Crippen LogP contribution in [0.15, 0.2) is 18.3 Å². The van der Waals surface area contributed by atoms with E-state index in [1.165, 1.54) is 12.8 Å². The van der Waals surface area contributed by atoms with Gasteiger partial charge in [-0.3, -0.25) is 0 Å². The van der Waals surface area contributed by atoms with E-state index >= 15 is 0 Å². The average molecular weight is 355 g/mol. The molecule has 0 saturated heterocycles. The molecule has 1 aliphatic carbocycles. The summed E-state index contributed by atoms with van der Waals surface area (Å²) in [7, 11) is 0. The number of carbonyl (C=O) groups excluding carboxylic acids is 1. The molecule has 2 rings (SSSR count). The first-order valence-electron chi connectivity index (χ1n) is 8.49. The highest BCUT2D eigenvalue weighted by Crippen LogP contribution is 2.30. The Morgan fingerprint density at radius 3 is 2.71 bits per heavy atom. The minimum absolute atomic E-state index is 0.226. The first kappa shape index (κ1) is 19.0. The molecule has 0 unspecified atom stereocenters. The van der Waals surface area contributed by atoms with E-state index in [4.69, 9.17) is 21.1 Å². The van der Waals surface area contributed by atoms with Gasteiger partial charge in [0.05, 0.1) is 6.61 Å². The molecule has 1 aromatic heterocycles. The van der Waals surface area contributed by atoms with Crippen molar-refractivity contribution in [1.29, 1.82) is 0 Å². The maximum absolute atomic E-state index is 12.3. The summed E-state index contributed by atoms with van der Waals surface area (Å²) in [6.45, 7) is 8.21. The van der Waals surface area contributed by atoms with E-state index in [-0.39, 0.29) is 6.09 Å². The highest BCUT2D eigenvalue weighted by molar-refractivity contribution is 6.29. The second-order valence-electron chi connectivity index (χ2n) is 7.27. The summed E-state index contributed by atoms with van der Waals surface area (Å²) >= 11 is 5.75. The minimum atomic E-state index is -0.461. The molecule has 0 N–H and O–H groups in total. The molecule has 0 atom stereocenters. The standard InChI is InChI=1S/C18H27ClN2O3/c1-18(2,3)24-17(22)21(12-14-5-6-14)9-4-10-23-13-15-7-8-16(19)20-11-15/h7-8,11,14H,4-6,9-10,12-13H2,1-3H3. The molecule has 5 nitrogen and oxygen atoms in total. The predicted molar refractivity (Wildman–Crippen MR) is 94.1 cm³/mol. The van der Waals surface area contributed by atoms with Crippen molar-refractivity contribution >= 4 is 17.7 Å². The van der Waals surface area contributed by atoms with Crippen LogP contribution in [0.5, 0.6) is 0 Å². The number of nitrogens with zero attached hydrogens (tertiary/aromatic N) is 2. The molecule has 134 valence electrons. The molecule has 1 heterocycles. The van der Waals surface area contributed by atoms with Crippen LogP contribution in [0, 0.1) is 5.92 Å². The van der Waals surface area contributed by atoms with E-state index in [0.717, 1.165) is 18.5 Å². The van der Waals surface area contributed by atoms with Gasteiger partial charge in [0.15, 0.2) is 0 Å². The number of pyridine rings is 1. The Morgan fingerprint density at radius 2 is 2.12 bits per heavy atom. The predicted octanol–water partition coefficient (Wildman–Crippen LogP) is 4.29. The molecule has 0 spiro atoms. The lowest BCUT2D eigenvalue weighted by atomic mass is 10.2. The number of ether oxygens (including phenoxy) is 2. The van der Waals surface area contributed by atoms with Crippen LogP contribution in [0.4, 0.5) is 4.79 Å². The first-order chi connectivity index (χ1) is 11.3. The van der Waals surface area contributed by atoms with Crippen molar-refractivity contribution in [3.8, 4) is 0 Å². The first-order valence-corrected chi connectivity index (χ1v) is 8.87. The van der Waals surface area contributed by atoms with E-state index in [0.29, 0.717) is 30.8 Å². The summed E-state index contributed by atoms with van der Waals surface area (Å²) in [6, 6.07) is 3.65. The quantitative estimate of drug-likeness (QED) is 0.516. The second-order valence-corrected chi connectivity index (χ2v) is 7.65. The van der Waals surface area contributed by atoms with Crippen LogP contribution >= 0.6 is 11.6 Å². The largest absolute Gasteiger partial charge is 0.444 e. The zero-order valence-electron chi connectivity index (χ0n) is 14.8. The molecule has 0 aliphatic heterocycles. The van der Waals surface area contributed by atoms with Crippen molar-refractivity contribution in [2.45, 2.75) is 52.2 Å². The van der Waals surface area contributed by atoms with Gasteiger partial charge in [-0.25, -0.2) is 9.78 Å². The summed E-state index contributed by atoms with van der Waals surface area (Å²) in [5.41, 5.74) is 0.526. The molecule has 6 heteroatoms. The summed E-state index contributed by atoms with van der Waals surface area (Å²) in [5.74, 6) is 0.638. The van der Waals surface area contributed by atoms with Crippen LogP contribution in [-0.2, 0) is 16.1 Å². The molecule has 1 aromatic rings. The summed E-state index contributed by atoms with van der Waals surface area (Å²) in [5, 5.41) is 0.479. The van der Waals surface area contributed by atoms with Gasteiger partial charge in [-0.2, -0.15) is 0 Å². The highest BCUT2D eigenvalue weighted by Gasteiger charge is 2.29. The van der Waals surface area contributed by atoms with Crippen molar-refractivity contribution in [3.05, 3.63) is 29.0 Å². The van der Waals surface area contributed by atoms with Crippen LogP contribution in [0.3, 0.4) is 0 Å². The zero-order valence-corrected chi connectivity index (χ0v) is 15.5. The third-order valence-electron chi connectivity index (χ3n) is 3.60. The van der Waals surface area contributed by atoms with Crippen LogP contribution in [-0.4, -0.2) is 41.3 Å². The van der Waals surface area contributed by atoms with Crippen molar-refractivity contribution in [1.82, 2.24) is 9.88 Å². The number of halogens is 1. The Kier molecular flexibility index (Phi) is 6.87. The number of aromatic nitrogens is 1. The zero-order chi connectivity index (χ0) is 17.6. The van der Waals surface area contributed by atoms with Crippen LogP contribution in [0.1, 0.15) is 45.6 Å². The molecule has 0 bridgehead atoms. The smallest absolute Gasteiger partial charge is 0.410 e. The summed E-state index contributed by atoms with van der Waals surface area (Å²) < 4.78 is 11.1. The van der Waals surface area contributed by atoms with Gasteiger partial charge in [0.25, 0.3) is 0 Å². The van der Waals surface area contributed by atoms with Crippen molar-refractivity contribution < 1.29 is 14.3 Å². The van der Waals surface area contributed by atoms with Gasteiger partial charge in [0.2, 0.25) is 0 Å². The van der Waals surface area contributed by atoms with E-state index in [9.17, 15) is 4.79 Å². The van der Waals surface area contributed by atoms with Gasteiger partial charge >= 0.3 is 6.09 Å². The van der Waals surface area contributed by atoms with Crippen LogP contribution < -0.4 is 0 Å². The SMILES string of the molecule is CC(C)(C)OC(=O)N(CCCOCc1ccc(Cl)nc1)CC1CC1. The van der Waals surface area contributed by atoms with E-state index in [1.807, 2.05) is 31.7 Å². The Labute approximate surface area is 149 Å². The summed E-state index contributed by atoms with van der Waals surface area (Å²) in [6.07, 6.45) is 4.69. The fourth-order valence-electron chi connectivity index (χ4n) is 2.24. The third-order valence-corrected chi connectivity index (χ3v) is 3.82. The van der Waals surface area contributed by atoms with Gasteiger partial charge in [-0.1, -0.05) is 17.7 Å². The monoisotopic (exact) mass is 354 g/mol. The Balaban J connectivity index is 1.69. The average Bonchev–Trinajstić information content (AvgIpc) is 3.30. The normalized spacial score (nSPS) is 14.5. The lowest BCUT2D eigenvalue weighted by molar-refractivity contribution is 0.0215. The number of carbonyl (C=O) groups is 1. The van der Waals surface area contributed by atoms with Gasteiger partial charge in [-0.15, -0.1) is 0 Å². The molecule has 0 aromatic carbocycles. The molecule has 1 aliphatic rings. The molecule has 1 saturated carbocycles. The molecule has 1 fully saturated rings. The second kappa shape index (κ2) is 8.67. The summed E-state index contributed by atoms with van der Waals surface area (Å²) in [4.78, 5) is 18.1. The number of amides is 1. The number of hydrogen-bond donors (Lipinski definition) is 0. The van der Waals surface area contributed by atoms with Crippen molar-refractivity contribution in [2.75, 3.05) is 19.7 Å². The molecular weight excluding hydrogens is 328 g/mol. The lowest BCUT2D eigenvalue weighted by Gasteiger charge is -2.27. The van der Waals surface area contributed by atoms with Gasteiger partial charge < -0.3 is 14.4 Å². The third kappa shape index (κ3) is 7.49. The number of rotatable bonds is 8. The minimum Gasteiger partial charge on any atom is -0.444 e. The van der Waals surface area contributed by atoms with Crippen LogP contribution in [0.25, 0.3) is 0 Å². The van der Waals surface area contributed by atoms with E-state index < -0.39 is 5.60 Å². The molecule has 24 heavy (non-hydrogen) atoms. The maximum atomic E-state index is 12.3. The van der Waals surface area contributed by atoms with Crippen molar-refractivity contribution in [2.24, 2.45) is 5.92 Å². The Bertz CT molecular complexity index is 524. The fraction of sp³-hybridized carbons (Fsp3) is 0.667. The van der Waals surface area contributed by atoms with Gasteiger partial charge in [0, 0.05) is 25.9 Å². The topological polar surface area (TPSA) is 51.7 Å². The Morgan fingerprint density at radius 1 is 1.38 bits per heavy atom. The fourth-order valence-corrected chi connectivity index (χ4v) is 2.35. The maximum Gasteiger partial charge on any atom is 0.410 e. The van der Waals surface area contributed by atoms with Gasteiger partial charge in [0.1, 0.15) is 10.8 Å². The van der Waals surface area contributed by atoms with E-state index in [1.54, 1.807) is 12.3 Å². The molecule has 0 radical (unpaired) electrons.